The Morgan fingerprint density at radius 3 is 2.69 bits per heavy atom. The molecule has 1 heterocycles. The second kappa shape index (κ2) is 9.67. The highest BCUT2D eigenvalue weighted by molar-refractivity contribution is 6.32. The first-order valence-corrected chi connectivity index (χ1v) is 10.0. The molecule has 0 unspecified atom stereocenters. The summed E-state index contributed by atoms with van der Waals surface area (Å²) in [6.07, 6.45) is 2.23. The van der Waals surface area contributed by atoms with Gasteiger partial charge in [-0.3, -0.25) is 4.79 Å². The van der Waals surface area contributed by atoms with E-state index in [0.717, 1.165) is 22.0 Å². The molecule has 0 amide bonds. The van der Waals surface area contributed by atoms with Crippen molar-refractivity contribution in [1.82, 2.24) is 10.3 Å². The van der Waals surface area contributed by atoms with Crippen LogP contribution in [0.15, 0.2) is 42.6 Å². The number of benzene rings is 2. The Bertz CT molecular complexity index is 986. The molecule has 1 aromatic heterocycles. The topological polar surface area (TPSA) is 83.6 Å². The molecule has 0 spiro atoms. The zero-order valence-electron chi connectivity index (χ0n) is 16.5. The molecule has 6 nitrogen and oxygen atoms in total. The van der Waals surface area contributed by atoms with Crippen LogP contribution in [0.3, 0.4) is 0 Å². The Morgan fingerprint density at radius 2 is 1.97 bits per heavy atom. The Kier molecular flexibility index (Phi) is 7.01. The third kappa shape index (κ3) is 5.02. The molecular formula is C22H25ClN2O4. The molecule has 3 rings (SSSR count). The third-order valence-corrected chi connectivity index (χ3v) is 4.89. The molecule has 154 valence electrons. The first-order valence-electron chi connectivity index (χ1n) is 9.62. The van der Waals surface area contributed by atoms with E-state index in [4.69, 9.17) is 21.1 Å². The van der Waals surface area contributed by atoms with Crippen LogP contribution in [0.4, 0.5) is 0 Å². The Morgan fingerprint density at radius 1 is 1.21 bits per heavy atom. The lowest BCUT2D eigenvalue weighted by Crippen LogP contribution is -2.38. The van der Waals surface area contributed by atoms with Crippen molar-refractivity contribution in [3.63, 3.8) is 0 Å². The molecule has 0 saturated carbocycles. The number of halogens is 1. The number of nitrogens with one attached hydrogen (secondary N) is 2. The number of aromatic amines is 1. The van der Waals surface area contributed by atoms with E-state index in [1.807, 2.05) is 50.4 Å². The van der Waals surface area contributed by atoms with E-state index in [2.05, 4.69) is 10.3 Å². The minimum Gasteiger partial charge on any atom is -0.490 e. The largest absolute Gasteiger partial charge is 0.490 e. The smallest absolute Gasteiger partial charge is 0.321 e. The Balaban J connectivity index is 1.76. The number of ether oxygens (including phenoxy) is 2. The Hall–Kier alpha value is -2.70. The van der Waals surface area contributed by atoms with Gasteiger partial charge in [-0.15, -0.1) is 0 Å². The summed E-state index contributed by atoms with van der Waals surface area (Å²) in [7, 11) is 0. The van der Waals surface area contributed by atoms with Crippen molar-refractivity contribution < 1.29 is 19.4 Å². The van der Waals surface area contributed by atoms with Crippen molar-refractivity contribution >= 4 is 28.5 Å². The number of hydrogen-bond donors (Lipinski definition) is 3. The van der Waals surface area contributed by atoms with Gasteiger partial charge in [0.2, 0.25) is 0 Å². The van der Waals surface area contributed by atoms with Crippen molar-refractivity contribution in [2.24, 2.45) is 0 Å². The van der Waals surface area contributed by atoms with Gasteiger partial charge in [0.25, 0.3) is 0 Å². The van der Waals surface area contributed by atoms with Gasteiger partial charge in [0.05, 0.1) is 18.2 Å². The number of aromatic nitrogens is 1. The maximum Gasteiger partial charge on any atom is 0.321 e. The van der Waals surface area contributed by atoms with Crippen LogP contribution < -0.4 is 14.8 Å². The first-order chi connectivity index (χ1) is 14.0. The summed E-state index contributed by atoms with van der Waals surface area (Å²) in [5, 5.41) is 14.3. The molecule has 29 heavy (non-hydrogen) atoms. The number of para-hydroxylation sites is 1. The second-order valence-electron chi connectivity index (χ2n) is 6.61. The predicted octanol–water partition coefficient (Wildman–Crippen LogP) is 4.40. The molecule has 0 bridgehead atoms. The lowest BCUT2D eigenvalue weighted by atomic mass is 10.0. The van der Waals surface area contributed by atoms with Crippen LogP contribution in [0.25, 0.3) is 10.9 Å². The normalized spacial score (nSPS) is 12.1. The highest BCUT2D eigenvalue weighted by Gasteiger charge is 2.20. The van der Waals surface area contributed by atoms with Gasteiger partial charge < -0.3 is 24.9 Å². The number of rotatable bonds is 10. The molecule has 7 heteroatoms. The fourth-order valence-electron chi connectivity index (χ4n) is 3.28. The standard InChI is InChI=1S/C22H25ClN2O4/c1-3-28-20-10-14(9-17(23)21(20)29-4-2)12-24-19(22(26)27)11-15-13-25-18-8-6-5-7-16(15)18/h5-10,13,19,24-25H,3-4,11-12H2,1-2H3,(H,26,27)/t19-/m0/s1. The minimum absolute atomic E-state index is 0.339. The molecule has 0 aliphatic rings. The van der Waals surface area contributed by atoms with Crippen LogP contribution in [0.1, 0.15) is 25.0 Å². The fourth-order valence-corrected chi connectivity index (χ4v) is 3.57. The van der Waals surface area contributed by atoms with Gasteiger partial charge in [-0.1, -0.05) is 29.8 Å². The molecule has 0 fully saturated rings. The molecule has 1 atom stereocenters. The van der Waals surface area contributed by atoms with Crippen LogP contribution in [0, 0.1) is 0 Å². The van der Waals surface area contributed by atoms with Crippen LogP contribution in [-0.4, -0.2) is 35.3 Å². The van der Waals surface area contributed by atoms with E-state index >= 15 is 0 Å². The van der Waals surface area contributed by atoms with Crippen LogP contribution >= 0.6 is 11.6 Å². The monoisotopic (exact) mass is 416 g/mol. The summed E-state index contributed by atoms with van der Waals surface area (Å²) in [4.78, 5) is 15.0. The number of carboxylic acids is 1. The van der Waals surface area contributed by atoms with Crippen LogP contribution in [0.2, 0.25) is 5.02 Å². The van der Waals surface area contributed by atoms with Crippen molar-refractivity contribution in [2.45, 2.75) is 32.9 Å². The molecular weight excluding hydrogens is 392 g/mol. The second-order valence-corrected chi connectivity index (χ2v) is 7.01. The van der Waals surface area contributed by atoms with Gasteiger partial charge in [-0.05, 0) is 43.2 Å². The lowest BCUT2D eigenvalue weighted by Gasteiger charge is -2.17. The molecule has 0 aliphatic carbocycles. The van der Waals surface area contributed by atoms with E-state index in [-0.39, 0.29) is 0 Å². The van der Waals surface area contributed by atoms with E-state index in [0.29, 0.717) is 42.7 Å². The molecule has 0 aliphatic heterocycles. The third-order valence-electron chi connectivity index (χ3n) is 4.61. The van der Waals surface area contributed by atoms with Crippen LogP contribution in [-0.2, 0) is 17.8 Å². The molecule has 3 N–H and O–H groups in total. The summed E-state index contributed by atoms with van der Waals surface area (Å²) in [5.41, 5.74) is 2.78. The minimum atomic E-state index is -0.905. The molecule has 0 radical (unpaired) electrons. The number of fused-ring (bicyclic) bond motifs is 1. The number of carboxylic acid groups (broad SMARTS) is 1. The van der Waals surface area contributed by atoms with Crippen molar-refractivity contribution in [1.29, 1.82) is 0 Å². The maximum absolute atomic E-state index is 11.8. The van der Waals surface area contributed by atoms with Crippen molar-refractivity contribution in [3.8, 4) is 11.5 Å². The van der Waals surface area contributed by atoms with Crippen molar-refractivity contribution in [3.05, 3.63) is 58.7 Å². The molecule has 3 aromatic rings. The molecule has 0 saturated heterocycles. The molecule has 2 aromatic carbocycles. The number of H-pyrrole nitrogens is 1. The van der Waals surface area contributed by atoms with E-state index in [1.54, 1.807) is 6.07 Å². The average Bonchev–Trinajstić information content (AvgIpc) is 3.10. The van der Waals surface area contributed by atoms with Gasteiger partial charge in [0.1, 0.15) is 6.04 Å². The van der Waals surface area contributed by atoms with Gasteiger partial charge in [0, 0.05) is 30.1 Å². The summed E-state index contributed by atoms with van der Waals surface area (Å²) in [5.74, 6) is 0.160. The summed E-state index contributed by atoms with van der Waals surface area (Å²) < 4.78 is 11.2. The quantitative estimate of drug-likeness (QED) is 0.456. The zero-order valence-corrected chi connectivity index (χ0v) is 17.3. The highest BCUT2D eigenvalue weighted by Crippen LogP contribution is 2.36. The van der Waals surface area contributed by atoms with Gasteiger partial charge >= 0.3 is 5.97 Å². The zero-order chi connectivity index (χ0) is 20.8. The van der Waals surface area contributed by atoms with Gasteiger partial charge in [0.15, 0.2) is 11.5 Å². The van der Waals surface area contributed by atoms with Gasteiger partial charge in [-0.25, -0.2) is 0 Å². The lowest BCUT2D eigenvalue weighted by molar-refractivity contribution is -0.139. The van der Waals surface area contributed by atoms with Crippen molar-refractivity contribution in [2.75, 3.05) is 13.2 Å². The first kappa shape index (κ1) is 21.0. The SMILES string of the molecule is CCOc1cc(CN[C@@H](Cc2c[nH]c3ccccc23)C(=O)O)cc(Cl)c1OCC. The summed E-state index contributed by atoms with van der Waals surface area (Å²) in [6, 6.07) is 10.7. The number of aliphatic carboxylic acids is 1. The number of hydrogen-bond acceptors (Lipinski definition) is 4. The average molecular weight is 417 g/mol. The van der Waals surface area contributed by atoms with E-state index in [9.17, 15) is 9.90 Å². The van der Waals surface area contributed by atoms with Crippen LogP contribution in [0.5, 0.6) is 11.5 Å². The number of carbonyl (C=O) groups is 1. The predicted molar refractivity (Wildman–Crippen MR) is 114 cm³/mol. The van der Waals surface area contributed by atoms with E-state index < -0.39 is 12.0 Å². The van der Waals surface area contributed by atoms with E-state index in [1.165, 1.54) is 0 Å². The summed E-state index contributed by atoms with van der Waals surface area (Å²) >= 11 is 6.35. The summed E-state index contributed by atoms with van der Waals surface area (Å²) in [6.45, 7) is 5.06. The van der Waals surface area contributed by atoms with Gasteiger partial charge in [-0.2, -0.15) is 0 Å². The maximum atomic E-state index is 11.8. The fraction of sp³-hybridized carbons (Fsp3) is 0.318. The highest BCUT2D eigenvalue weighted by atomic mass is 35.5. The Labute approximate surface area is 174 Å².